The summed E-state index contributed by atoms with van der Waals surface area (Å²) >= 11 is 12.1. The molecular formula is C19H13Cl2N3. The van der Waals surface area contributed by atoms with Crippen molar-refractivity contribution in [2.75, 3.05) is 0 Å². The van der Waals surface area contributed by atoms with Gasteiger partial charge in [-0.1, -0.05) is 47.5 Å². The molecule has 0 bridgehead atoms. The van der Waals surface area contributed by atoms with Crippen molar-refractivity contribution < 1.29 is 0 Å². The predicted molar refractivity (Wildman–Crippen MR) is 98.6 cm³/mol. The molecule has 5 heteroatoms. The van der Waals surface area contributed by atoms with Gasteiger partial charge in [0.2, 0.25) is 5.78 Å². The van der Waals surface area contributed by atoms with E-state index in [-0.39, 0.29) is 0 Å². The van der Waals surface area contributed by atoms with Gasteiger partial charge in [-0.3, -0.25) is 4.40 Å². The number of rotatable bonds is 2. The first-order valence-electron chi connectivity index (χ1n) is 7.49. The molecule has 0 spiro atoms. The molecule has 2 heterocycles. The van der Waals surface area contributed by atoms with Gasteiger partial charge in [0.15, 0.2) is 0 Å². The molecule has 24 heavy (non-hydrogen) atoms. The van der Waals surface area contributed by atoms with Crippen LogP contribution in [0.15, 0.2) is 60.8 Å². The smallest absolute Gasteiger partial charge is 0.235 e. The zero-order chi connectivity index (χ0) is 16.7. The van der Waals surface area contributed by atoms with Gasteiger partial charge in [0, 0.05) is 33.1 Å². The van der Waals surface area contributed by atoms with Crippen LogP contribution >= 0.6 is 23.2 Å². The van der Waals surface area contributed by atoms with Crippen molar-refractivity contribution in [3.05, 3.63) is 76.5 Å². The highest BCUT2D eigenvalue weighted by atomic mass is 35.5. The van der Waals surface area contributed by atoms with E-state index in [1.54, 1.807) is 0 Å². The lowest BCUT2D eigenvalue weighted by molar-refractivity contribution is 1.07. The Bertz CT molecular complexity index is 1020. The molecule has 3 nitrogen and oxygen atoms in total. The molecule has 4 aromatic rings. The van der Waals surface area contributed by atoms with Crippen LogP contribution in [0.1, 0.15) is 5.69 Å². The molecule has 2 aromatic carbocycles. The fourth-order valence-electron chi connectivity index (χ4n) is 2.71. The van der Waals surface area contributed by atoms with Gasteiger partial charge in [0.1, 0.15) is 0 Å². The van der Waals surface area contributed by atoms with Crippen molar-refractivity contribution in [2.45, 2.75) is 6.92 Å². The van der Waals surface area contributed by atoms with Crippen LogP contribution in [0.25, 0.3) is 28.3 Å². The van der Waals surface area contributed by atoms with E-state index in [0.717, 1.165) is 28.2 Å². The second-order valence-corrected chi connectivity index (χ2v) is 6.43. The highest BCUT2D eigenvalue weighted by molar-refractivity contribution is 6.31. The number of halogens is 2. The fraction of sp³-hybridized carbons (Fsp3) is 0.0526. The maximum absolute atomic E-state index is 6.04. The topological polar surface area (TPSA) is 30.2 Å². The summed E-state index contributed by atoms with van der Waals surface area (Å²) in [6.45, 7) is 1.96. The first-order valence-corrected chi connectivity index (χ1v) is 8.25. The van der Waals surface area contributed by atoms with Gasteiger partial charge in [-0.05, 0) is 37.3 Å². The molecule has 0 N–H and O–H groups in total. The summed E-state index contributed by atoms with van der Waals surface area (Å²) in [5.41, 5.74) is 4.80. The third kappa shape index (κ3) is 2.66. The Morgan fingerprint density at radius 1 is 0.750 bits per heavy atom. The average Bonchev–Trinajstić information content (AvgIpc) is 2.94. The second-order valence-electron chi connectivity index (χ2n) is 5.56. The SMILES string of the molecule is Cc1ccn2c(-c3ccc(Cl)cc3)c(-c3ccc(Cl)cc3)nc2n1. The molecule has 0 amide bonds. The van der Waals surface area contributed by atoms with E-state index in [1.807, 2.05) is 72.1 Å². The number of hydrogen-bond donors (Lipinski definition) is 0. The van der Waals surface area contributed by atoms with Crippen LogP contribution in [-0.4, -0.2) is 14.4 Å². The number of hydrogen-bond acceptors (Lipinski definition) is 2. The zero-order valence-corrected chi connectivity index (χ0v) is 14.4. The number of benzene rings is 2. The minimum Gasteiger partial charge on any atom is -0.283 e. The summed E-state index contributed by atoms with van der Waals surface area (Å²) in [7, 11) is 0. The van der Waals surface area contributed by atoms with E-state index < -0.39 is 0 Å². The number of aryl methyl sites for hydroxylation is 1. The van der Waals surface area contributed by atoms with Crippen LogP contribution < -0.4 is 0 Å². The minimum absolute atomic E-state index is 0.671. The van der Waals surface area contributed by atoms with E-state index in [4.69, 9.17) is 28.2 Å². The van der Waals surface area contributed by atoms with E-state index in [0.29, 0.717) is 15.8 Å². The standard InChI is InChI=1S/C19H13Cl2N3/c1-12-10-11-24-18(14-4-8-16(21)9-5-14)17(23-19(24)22-12)13-2-6-15(20)7-3-13/h2-11H,1H3. The van der Waals surface area contributed by atoms with Crippen molar-refractivity contribution in [3.8, 4) is 22.5 Å². The Hall–Kier alpha value is -2.36. The summed E-state index contributed by atoms with van der Waals surface area (Å²) < 4.78 is 2.00. The highest BCUT2D eigenvalue weighted by Crippen LogP contribution is 2.33. The summed E-state index contributed by atoms with van der Waals surface area (Å²) in [6.07, 6.45) is 1.99. The molecule has 0 radical (unpaired) electrons. The molecule has 0 fully saturated rings. The van der Waals surface area contributed by atoms with Gasteiger partial charge in [-0.15, -0.1) is 0 Å². The third-order valence-corrected chi connectivity index (χ3v) is 4.37. The lowest BCUT2D eigenvalue weighted by atomic mass is 10.0. The summed E-state index contributed by atoms with van der Waals surface area (Å²) in [6, 6.07) is 17.4. The second kappa shape index (κ2) is 5.93. The number of aromatic nitrogens is 3. The summed E-state index contributed by atoms with van der Waals surface area (Å²) in [4.78, 5) is 9.29. The Kier molecular flexibility index (Phi) is 3.75. The molecule has 0 unspecified atom stereocenters. The minimum atomic E-state index is 0.671. The van der Waals surface area contributed by atoms with Crippen LogP contribution in [-0.2, 0) is 0 Å². The number of fused-ring (bicyclic) bond motifs is 1. The Morgan fingerprint density at radius 2 is 1.33 bits per heavy atom. The van der Waals surface area contributed by atoms with Gasteiger partial charge < -0.3 is 0 Å². The summed E-state index contributed by atoms with van der Waals surface area (Å²) in [5, 5.41) is 1.40. The average molecular weight is 354 g/mol. The lowest BCUT2D eigenvalue weighted by Crippen LogP contribution is -1.92. The van der Waals surface area contributed by atoms with Crippen molar-refractivity contribution in [1.29, 1.82) is 0 Å². The predicted octanol–water partition coefficient (Wildman–Crippen LogP) is 5.68. The van der Waals surface area contributed by atoms with Crippen LogP contribution in [0, 0.1) is 6.92 Å². The van der Waals surface area contributed by atoms with Crippen molar-refractivity contribution in [3.63, 3.8) is 0 Å². The highest BCUT2D eigenvalue weighted by Gasteiger charge is 2.16. The molecule has 0 atom stereocenters. The largest absolute Gasteiger partial charge is 0.283 e. The number of imidazole rings is 1. The molecular weight excluding hydrogens is 341 g/mol. The molecule has 118 valence electrons. The molecule has 0 aliphatic heterocycles. The molecule has 0 aliphatic rings. The molecule has 2 aromatic heterocycles. The lowest BCUT2D eigenvalue weighted by Gasteiger charge is -2.06. The number of nitrogens with zero attached hydrogens (tertiary/aromatic N) is 3. The van der Waals surface area contributed by atoms with E-state index >= 15 is 0 Å². The summed E-state index contributed by atoms with van der Waals surface area (Å²) in [5.74, 6) is 0.671. The van der Waals surface area contributed by atoms with E-state index in [9.17, 15) is 0 Å². The van der Waals surface area contributed by atoms with Crippen LogP contribution in [0.3, 0.4) is 0 Å². The molecule has 0 aliphatic carbocycles. The van der Waals surface area contributed by atoms with Crippen LogP contribution in [0.2, 0.25) is 10.0 Å². The van der Waals surface area contributed by atoms with Gasteiger partial charge in [0.25, 0.3) is 0 Å². The molecule has 4 rings (SSSR count). The quantitative estimate of drug-likeness (QED) is 0.464. The first-order chi connectivity index (χ1) is 11.6. The van der Waals surface area contributed by atoms with Crippen molar-refractivity contribution >= 4 is 29.0 Å². The molecule has 0 saturated heterocycles. The van der Waals surface area contributed by atoms with Gasteiger partial charge in [-0.25, -0.2) is 9.97 Å². The van der Waals surface area contributed by atoms with Crippen LogP contribution in [0.5, 0.6) is 0 Å². The normalized spacial score (nSPS) is 11.1. The van der Waals surface area contributed by atoms with E-state index in [1.165, 1.54) is 0 Å². The third-order valence-electron chi connectivity index (χ3n) is 3.87. The fourth-order valence-corrected chi connectivity index (χ4v) is 2.96. The Balaban J connectivity index is 2.02. The maximum atomic E-state index is 6.04. The van der Waals surface area contributed by atoms with Gasteiger partial charge in [0.05, 0.1) is 11.4 Å². The van der Waals surface area contributed by atoms with Crippen LogP contribution in [0.4, 0.5) is 0 Å². The van der Waals surface area contributed by atoms with Crippen molar-refractivity contribution in [2.24, 2.45) is 0 Å². The zero-order valence-electron chi connectivity index (χ0n) is 12.9. The van der Waals surface area contributed by atoms with Crippen molar-refractivity contribution in [1.82, 2.24) is 14.4 Å². The monoisotopic (exact) mass is 353 g/mol. The van der Waals surface area contributed by atoms with E-state index in [2.05, 4.69) is 4.98 Å². The maximum Gasteiger partial charge on any atom is 0.235 e. The Labute approximate surface area is 149 Å². The molecule has 0 saturated carbocycles. The van der Waals surface area contributed by atoms with Gasteiger partial charge in [-0.2, -0.15) is 0 Å². The first kappa shape index (κ1) is 15.2. The Morgan fingerprint density at radius 3 is 1.96 bits per heavy atom. The van der Waals surface area contributed by atoms with Gasteiger partial charge >= 0.3 is 0 Å².